The molecule has 0 aliphatic carbocycles. The number of halogens is 1. The summed E-state index contributed by atoms with van der Waals surface area (Å²) in [7, 11) is 1.00. The third kappa shape index (κ3) is 5.75. The lowest BCUT2D eigenvalue weighted by molar-refractivity contribution is 0.0946. The number of ether oxygens (including phenoxy) is 1. The number of morpholine rings is 1. The number of amides is 1. The van der Waals surface area contributed by atoms with Crippen molar-refractivity contribution in [3.63, 3.8) is 0 Å². The standard InChI is InChI=1S/C29H32FN5O2.CH4O/c30-27-24(17-25(28(31)33-27)20-3-5-23-21(15-20)7-8-32-29(23)36)19-4-6-26(35-11-13-37-14-12-35)22(16-19)18-34-9-1-2-10-34;1-2/h3-6,15-17H,1-2,7-14,18H2,(H2,31,33)(H,32,36);2H,1H3. The predicted molar refractivity (Wildman–Crippen MR) is 151 cm³/mol. The van der Waals surface area contributed by atoms with Gasteiger partial charge >= 0.3 is 0 Å². The molecule has 0 spiro atoms. The number of carbonyl (C=O) groups excluding carboxylic acids is 1. The number of anilines is 2. The average Bonchev–Trinajstić information content (AvgIpc) is 3.48. The van der Waals surface area contributed by atoms with Gasteiger partial charge in [0.15, 0.2) is 0 Å². The van der Waals surface area contributed by atoms with Crippen LogP contribution in [-0.2, 0) is 17.7 Å². The van der Waals surface area contributed by atoms with Crippen LogP contribution in [0.25, 0.3) is 22.3 Å². The zero-order valence-corrected chi connectivity index (χ0v) is 22.4. The molecule has 0 radical (unpaired) electrons. The predicted octanol–water partition coefficient (Wildman–Crippen LogP) is 3.46. The molecule has 3 aromatic rings. The van der Waals surface area contributed by atoms with Gasteiger partial charge in [0, 0.05) is 55.7 Å². The number of nitrogen functional groups attached to an aromatic ring is 1. The Labute approximate surface area is 228 Å². The van der Waals surface area contributed by atoms with Crippen molar-refractivity contribution in [1.82, 2.24) is 15.2 Å². The number of benzene rings is 2. The van der Waals surface area contributed by atoms with E-state index in [9.17, 15) is 4.79 Å². The van der Waals surface area contributed by atoms with Gasteiger partial charge in [0.1, 0.15) is 5.82 Å². The number of aliphatic hydroxyl groups is 1. The van der Waals surface area contributed by atoms with E-state index in [0.29, 0.717) is 36.4 Å². The summed E-state index contributed by atoms with van der Waals surface area (Å²) in [6, 6.07) is 13.6. The molecule has 2 saturated heterocycles. The van der Waals surface area contributed by atoms with E-state index in [4.69, 9.17) is 15.6 Å². The smallest absolute Gasteiger partial charge is 0.251 e. The Morgan fingerprint density at radius 3 is 2.46 bits per heavy atom. The summed E-state index contributed by atoms with van der Waals surface area (Å²) >= 11 is 0. The molecular weight excluding hydrogens is 497 g/mol. The minimum Gasteiger partial charge on any atom is -0.400 e. The summed E-state index contributed by atoms with van der Waals surface area (Å²) in [5, 5.41) is 9.87. The number of nitrogens with zero attached hydrogens (tertiary/aromatic N) is 3. The van der Waals surface area contributed by atoms with E-state index in [1.165, 1.54) is 24.1 Å². The Bertz CT molecular complexity index is 1340. The number of rotatable bonds is 5. The Kier molecular flexibility index (Phi) is 8.40. The Balaban J connectivity index is 0.00000151. The minimum atomic E-state index is -0.579. The van der Waals surface area contributed by atoms with Gasteiger partial charge < -0.3 is 25.8 Å². The fraction of sp³-hybridized carbons (Fsp3) is 0.400. The number of fused-ring (bicyclic) bond motifs is 1. The highest BCUT2D eigenvalue weighted by Crippen LogP contribution is 2.35. The van der Waals surface area contributed by atoms with E-state index in [1.54, 1.807) is 6.07 Å². The second kappa shape index (κ2) is 12.1. The van der Waals surface area contributed by atoms with Gasteiger partial charge in [-0.2, -0.15) is 4.39 Å². The molecular formula is C30H36FN5O3. The first kappa shape index (κ1) is 27.1. The lowest BCUT2D eigenvalue weighted by atomic mass is 9.93. The molecule has 0 saturated carbocycles. The molecule has 3 aliphatic rings. The fourth-order valence-corrected chi connectivity index (χ4v) is 5.71. The molecule has 6 rings (SSSR count). The highest BCUT2D eigenvalue weighted by atomic mass is 19.1. The van der Waals surface area contributed by atoms with E-state index < -0.39 is 5.95 Å². The van der Waals surface area contributed by atoms with Gasteiger partial charge in [0.05, 0.1) is 13.2 Å². The van der Waals surface area contributed by atoms with Crippen molar-refractivity contribution in [1.29, 1.82) is 0 Å². The molecule has 39 heavy (non-hydrogen) atoms. The minimum absolute atomic E-state index is 0.0652. The number of nitrogens with two attached hydrogens (primary N) is 1. The summed E-state index contributed by atoms with van der Waals surface area (Å²) < 4.78 is 20.8. The molecule has 2 fully saturated rings. The van der Waals surface area contributed by atoms with Crippen LogP contribution in [0.1, 0.15) is 34.3 Å². The third-order valence-electron chi connectivity index (χ3n) is 7.68. The van der Waals surface area contributed by atoms with Crippen LogP contribution < -0.4 is 16.0 Å². The number of aliphatic hydroxyl groups excluding tert-OH is 1. The number of pyridine rings is 1. The van der Waals surface area contributed by atoms with Crippen molar-refractivity contribution in [2.45, 2.75) is 25.8 Å². The van der Waals surface area contributed by atoms with Crippen LogP contribution >= 0.6 is 0 Å². The Morgan fingerprint density at radius 2 is 1.69 bits per heavy atom. The molecule has 206 valence electrons. The van der Waals surface area contributed by atoms with Gasteiger partial charge in [-0.05, 0) is 78.9 Å². The van der Waals surface area contributed by atoms with E-state index in [2.05, 4.69) is 32.2 Å². The van der Waals surface area contributed by atoms with E-state index in [-0.39, 0.29) is 11.7 Å². The quantitative estimate of drug-likeness (QED) is 0.432. The molecule has 0 atom stereocenters. The zero-order valence-electron chi connectivity index (χ0n) is 22.4. The highest BCUT2D eigenvalue weighted by molar-refractivity contribution is 5.97. The molecule has 9 heteroatoms. The number of likely N-dealkylation sites (tertiary alicyclic amines) is 1. The zero-order chi connectivity index (χ0) is 27.4. The van der Waals surface area contributed by atoms with Gasteiger partial charge in [-0.3, -0.25) is 9.69 Å². The van der Waals surface area contributed by atoms with Crippen LogP contribution in [0.3, 0.4) is 0 Å². The summed E-state index contributed by atoms with van der Waals surface area (Å²) in [6.45, 7) is 6.75. The first-order chi connectivity index (χ1) is 19.1. The Morgan fingerprint density at radius 1 is 0.974 bits per heavy atom. The fourth-order valence-electron chi connectivity index (χ4n) is 5.71. The van der Waals surface area contributed by atoms with Crippen molar-refractivity contribution in [2.24, 2.45) is 0 Å². The largest absolute Gasteiger partial charge is 0.400 e. The monoisotopic (exact) mass is 533 g/mol. The van der Waals surface area contributed by atoms with Gasteiger partial charge in [0.2, 0.25) is 5.95 Å². The molecule has 4 N–H and O–H groups in total. The number of hydrogen-bond donors (Lipinski definition) is 3. The summed E-state index contributed by atoms with van der Waals surface area (Å²) in [5.74, 6) is -0.502. The highest BCUT2D eigenvalue weighted by Gasteiger charge is 2.22. The first-order valence-corrected chi connectivity index (χ1v) is 13.6. The SMILES string of the molecule is CO.Nc1nc(F)c(-c2ccc(N3CCOCC3)c(CN3CCCC3)c2)cc1-c1ccc2c(c1)CCNC2=O. The second-order valence-corrected chi connectivity index (χ2v) is 10.1. The molecule has 4 heterocycles. The van der Waals surface area contributed by atoms with Crippen molar-refractivity contribution < 1.29 is 19.0 Å². The van der Waals surface area contributed by atoms with Gasteiger partial charge in [-0.15, -0.1) is 0 Å². The van der Waals surface area contributed by atoms with Crippen LogP contribution in [0.4, 0.5) is 15.9 Å². The molecule has 8 nitrogen and oxygen atoms in total. The number of hydrogen-bond acceptors (Lipinski definition) is 7. The van der Waals surface area contributed by atoms with E-state index >= 15 is 4.39 Å². The lowest BCUT2D eigenvalue weighted by Gasteiger charge is -2.32. The summed E-state index contributed by atoms with van der Waals surface area (Å²) in [6.07, 6.45) is 3.18. The van der Waals surface area contributed by atoms with Crippen LogP contribution in [0.2, 0.25) is 0 Å². The summed E-state index contributed by atoms with van der Waals surface area (Å²) in [4.78, 5) is 21.1. The van der Waals surface area contributed by atoms with Crippen LogP contribution in [0.15, 0.2) is 42.5 Å². The van der Waals surface area contributed by atoms with Crippen molar-refractivity contribution >= 4 is 17.4 Å². The van der Waals surface area contributed by atoms with Crippen molar-refractivity contribution in [2.75, 3.05) is 63.7 Å². The second-order valence-electron chi connectivity index (χ2n) is 10.1. The van der Waals surface area contributed by atoms with Crippen LogP contribution in [0, 0.1) is 5.95 Å². The van der Waals surface area contributed by atoms with Crippen molar-refractivity contribution in [3.05, 3.63) is 65.1 Å². The summed E-state index contributed by atoms with van der Waals surface area (Å²) in [5.41, 5.74) is 13.0. The van der Waals surface area contributed by atoms with Gasteiger partial charge in [0.25, 0.3) is 5.91 Å². The molecule has 3 aliphatic heterocycles. The normalized spacial score (nSPS) is 17.3. The first-order valence-electron chi connectivity index (χ1n) is 13.6. The van der Waals surface area contributed by atoms with Gasteiger partial charge in [-0.25, -0.2) is 4.98 Å². The van der Waals surface area contributed by atoms with Crippen LogP contribution in [-0.4, -0.2) is 73.9 Å². The third-order valence-corrected chi connectivity index (χ3v) is 7.68. The maximum Gasteiger partial charge on any atom is 0.251 e. The number of aromatic nitrogens is 1. The average molecular weight is 534 g/mol. The van der Waals surface area contributed by atoms with Crippen molar-refractivity contribution in [3.8, 4) is 22.3 Å². The molecule has 0 unspecified atom stereocenters. The van der Waals surface area contributed by atoms with Crippen LogP contribution in [0.5, 0.6) is 0 Å². The molecule has 2 aromatic carbocycles. The van der Waals surface area contributed by atoms with E-state index in [0.717, 1.165) is 62.9 Å². The molecule has 0 bridgehead atoms. The number of carbonyl (C=O) groups is 1. The maximum absolute atomic E-state index is 15.3. The Hall–Kier alpha value is -3.53. The lowest BCUT2D eigenvalue weighted by Crippen LogP contribution is -2.37. The van der Waals surface area contributed by atoms with Gasteiger partial charge in [-0.1, -0.05) is 18.2 Å². The molecule has 1 aromatic heterocycles. The topological polar surface area (TPSA) is 104 Å². The van der Waals surface area contributed by atoms with E-state index in [1.807, 2.05) is 24.3 Å². The molecule has 1 amide bonds. The maximum atomic E-state index is 15.3. The number of nitrogens with one attached hydrogen (secondary N) is 1.